The van der Waals surface area contributed by atoms with E-state index < -0.39 is 5.97 Å². The zero-order chi connectivity index (χ0) is 13.7. The van der Waals surface area contributed by atoms with Crippen LogP contribution in [0, 0.1) is 0 Å². The number of carbonyl (C=O) groups is 2. The lowest BCUT2D eigenvalue weighted by Gasteiger charge is -2.11. The summed E-state index contributed by atoms with van der Waals surface area (Å²) >= 11 is 0. The molecule has 0 atom stereocenters. The number of benzene rings is 1. The minimum Gasteiger partial charge on any atom is -0.508 e. The third-order valence-electron chi connectivity index (χ3n) is 2.29. The van der Waals surface area contributed by atoms with Crippen molar-refractivity contribution in [1.29, 1.82) is 0 Å². The summed E-state index contributed by atoms with van der Waals surface area (Å²) in [4.78, 5) is 24.4. The van der Waals surface area contributed by atoms with Crippen molar-refractivity contribution < 1.29 is 19.8 Å². The van der Waals surface area contributed by atoms with E-state index in [0.29, 0.717) is 6.54 Å². The van der Waals surface area contributed by atoms with Crippen LogP contribution in [0.4, 0.5) is 5.69 Å². The Bertz CT molecular complexity index is 457. The number of rotatable bonds is 5. The summed E-state index contributed by atoms with van der Waals surface area (Å²) in [6.07, 6.45) is 0.271. The van der Waals surface area contributed by atoms with Crippen LogP contribution in [-0.4, -0.2) is 47.6 Å². The molecule has 98 valence electrons. The Balaban J connectivity index is 2.78. The summed E-state index contributed by atoms with van der Waals surface area (Å²) in [5.74, 6) is -1.62. The van der Waals surface area contributed by atoms with Crippen LogP contribution in [0.25, 0.3) is 0 Å². The molecule has 0 saturated heterocycles. The minimum atomic E-state index is -1.20. The number of amides is 1. The fraction of sp³-hybridized carbons (Fsp3) is 0.333. The quantitative estimate of drug-likeness (QED) is 0.680. The van der Waals surface area contributed by atoms with Crippen molar-refractivity contribution in [2.75, 3.05) is 26.0 Å². The van der Waals surface area contributed by atoms with Crippen LogP contribution < -0.4 is 5.32 Å². The van der Waals surface area contributed by atoms with Gasteiger partial charge in [0.1, 0.15) is 5.75 Å². The monoisotopic (exact) mass is 252 g/mol. The Morgan fingerprint density at radius 3 is 2.56 bits per heavy atom. The van der Waals surface area contributed by atoms with E-state index in [9.17, 15) is 14.7 Å². The summed E-state index contributed by atoms with van der Waals surface area (Å²) in [7, 11) is 3.69. The number of hydrogen-bond acceptors (Lipinski definition) is 4. The van der Waals surface area contributed by atoms with Crippen LogP contribution >= 0.6 is 0 Å². The van der Waals surface area contributed by atoms with E-state index in [0.717, 1.165) is 6.07 Å². The van der Waals surface area contributed by atoms with E-state index in [1.54, 1.807) is 0 Å². The first-order valence-electron chi connectivity index (χ1n) is 5.41. The van der Waals surface area contributed by atoms with E-state index in [-0.39, 0.29) is 29.3 Å². The molecule has 0 heterocycles. The van der Waals surface area contributed by atoms with Crippen molar-refractivity contribution in [3.8, 4) is 5.75 Å². The molecule has 0 aliphatic rings. The molecule has 0 aliphatic carbocycles. The number of hydrogen-bond donors (Lipinski definition) is 3. The Kier molecular flexibility index (Phi) is 4.67. The van der Waals surface area contributed by atoms with E-state index in [2.05, 4.69) is 5.32 Å². The average molecular weight is 252 g/mol. The highest BCUT2D eigenvalue weighted by molar-refractivity contribution is 6.00. The van der Waals surface area contributed by atoms with E-state index >= 15 is 0 Å². The van der Waals surface area contributed by atoms with Crippen LogP contribution in [-0.2, 0) is 4.79 Å². The zero-order valence-corrected chi connectivity index (χ0v) is 10.3. The van der Waals surface area contributed by atoms with Gasteiger partial charge in [-0.15, -0.1) is 0 Å². The third kappa shape index (κ3) is 4.06. The van der Waals surface area contributed by atoms with Crippen molar-refractivity contribution in [2.24, 2.45) is 0 Å². The lowest BCUT2D eigenvalue weighted by Crippen LogP contribution is -2.21. The van der Waals surface area contributed by atoms with Gasteiger partial charge in [0.2, 0.25) is 5.91 Å². The summed E-state index contributed by atoms with van der Waals surface area (Å²) < 4.78 is 0. The first kappa shape index (κ1) is 14.0. The predicted octanol–water partition coefficient (Wildman–Crippen LogP) is 0.981. The normalized spacial score (nSPS) is 10.4. The number of nitrogens with zero attached hydrogens (tertiary/aromatic N) is 1. The molecular weight excluding hydrogens is 236 g/mol. The number of carboxylic acids is 1. The zero-order valence-electron chi connectivity index (χ0n) is 10.3. The Morgan fingerprint density at radius 1 is 1.33 bits per heavy atom. The topological polar surface area (TPSA) is 89.9 Å². The second-order valence-corrected chi connectivity index (χ2v) is 4.14. The van der Waals surface area contributed by atoms with Crippen molar-refractivity contribution in [3.05, 3.63) is 23.8 Å². The molecule has 0 unspecified atom stereocenters. The molecule has 1 amide bonds. The van der Waals surface area contributed by atoms with Crippen molar-refractivity contribution in [2.45, 2.75) is 6.42 Å². The van der Waals surface area contributed by atoms with Crippen molar-refractivity contribution in [1.82, 2.24) is 4.90 Å². The molecule has 1 aromatic rings. The van der Waals surface area contributed by atoms with Gasteiger partial charge in [-0.1, -0.05) is 0 Å². The smallest absolute Gasteiger partial charge is 0.337 e. The molecule has 0 radical (unpaired) electrons. The molecule has 6 nitrogen and oxygen atoms in total. The van der Waals surface area contributed by atoms with Gasteiger partial charge < -0.3 is 20.4 Å². The lowest BCUT2D eigenvalue weighted by molar-refractivity contribution is -0.116. The fourth-order valence-electron chi connectivity index (χ4n) is 1.36. The van der Waals surface area contributed by atoms with Crippen LogP contribution in [0.5, 0.6) is 5.75 Å². The molecule has 18 heavy (non-hydrogen) atoms. The standard InChI is InChI=1S/C12H16N2O4/c1-14(2)6-5-11(16)13-10-4-3-8(15)7-9(10)12(17)18/h3-4,7,15H,5-6H2,1-2H3,(H,13,16)(H,17,18). The van der Waals surface area contributed by atoms with Gasteiger partial charge in [-0.05, 0) is 32.3 Å². The molecule has 0 fully saturated rings. The van der Waals surface area contributed by atoms with E-state index in [1.807, 2.05) is 19.0 Å². The summed E-state index contributed by atoms with van der Waals surface area (Å²) in [5.41, 5.74) is 0.0530. The molecule has 0 aliphatic heterocycles. The number of carboxylic acid groups (broad SMARTS) is 1. The molecule has 0 aromatic heterocycles. The maximum Gasteiger partial charge on any atom is 0.337 e. The number of nitrogens with one attached hydrogen (secondary N) is 1. The molecule has 3 N–H and O–H groups in total. The summed E-state index contributed by atoms with van der Waals surface area (Å²) in [6, 6.07) is 3.80. The van der Waals surface area contributed by atoms with Crippen LogP contribution in [0.1, 0.15) is 16.8 Å². The number of aromatic hydroxyl groups is 1. The predicted molar refractivity (Wildman–Crippen MR) is 66.9 cm³/mol. The maximum atomic E-state index is 11.6. The van der Waals surface area contributed by atoms with Gasteiger partial charge in [0.05, 0.1) is 11.3 Å². The van der Waals surface area contributed by atoms with Gasteiger partial charge in [-0.2, -0.15) is 0 Å². The highest BCUT2D eigenvalue weighted by Gasteiger charge is 2.13. The van der Waals surface area contributed by atoms with Crippen molar-refractivity contribution in [3.63, 3.8) is 0 Å². The van der Waals surface area contributed by atoms with E-state index in [4.69, 9.17) is 5.11 Å². The molecule has 0 spiro atoms. The molecule has 6 heteroatoms. The number of phenolic OH excluding ortho intramolecular Hbond substituents is 1. The first-order valence-corrected chi connectivity index (χ1v) is 5.41. The summed E-state index contributed by atoms with van der Waals surface area (Å²) in [5, 5.41) is 20.7. The van der Waals surface area contributed by atoms with Gasteiger partial charge in [0.15, 0.2) is 0 Å². The summed E-state index contributed by atoms with van der Waals surface area (Å²) in [6.45, 7) is 0.576. The fourth-order valence-corrected chi connectivity index (χ4v) is 1.36. The van der Waals surface area contributed by atoms with Gasteiger partial charge in [-0.3, -0.25) is 4.79 Å². The van der Waals surface area contributed by atoms with Gasteiger partial charge in [0, 0.05) is 13.0 Å². The maximum absolute atomic E-state index is 11.6. The van der Waals surface area contributed by atoms with Gasteiger partial charge >= 0.3 is 5.97 Å². The Hall–Kier alpha value is -2.08. The molecule has 0 saturated carbocycles. The molecule has 1 aromatic carbocycles. The largest absolute Gasteiger partial charge is 0.508 e. The van der Waals surface area contributed by atoms with E-state index in [1.165, 1.54) is 12.1 Å². The highest BCUT2D eigenvalue weighted by atomic mass is 16.4. The van der Waals surface area contributed by atoms with Crippen molar-refractivity contribution >= 4 is 17.6 Å². The molecule has 0 bridgehead atoms. The lowest BCUT2D eigenvalue weighted by atomic mass is 10.1. The number of anilines is 1. The minimum absolute atomic E-state index is 0.131. The Labute approximate surface area is 105 Å². The number of aromatic carboxylic acids is 1. The van der Waals surface area contributed by atoms with Crippen LogP contribution in [0.2, 0.25) is 0 Å². The highest BCUT2D eigenvalue weighted by Crippen LogP contribution is 2.21. The Morgan fingerprint density at radius 2 is 2.00 bits per heavy atom. The number of carbonyl (C=O) groups excluding carboxylic acids is 1. The molecular formula is C12H16N2O4. The average Bonchev–Trinajstić information content (AvgIpc) is 2.28. The van der Waals surface area contributed by atoms with Crippen LogP contribution in [0.3, 0.4) is 0 Å². The molecule has 1 rings (SSSR count). The second kappa shape index (κ2) is 6.02. The third-order valence-corrected chi connectivity index (χ3v) is 2.29. The van der Waals surface area contributed by atoms with Gasteiger partial charge in [-0.25, -0.2) is 4.79 Å². The van der Waals surface area contributed by atoms with Gasteiger partial charge in [0.25, 0.3) is 0 Å². The number of phenols is 1. The second-order valence-electron chi connectivity index (χ2n) is 4.14. The SMILES string of the molecule is CN(C)CCC(=O)Nc1ccc(O)cc1C(=O)O. The van der Waals surface area contributed by atoms with Crippen LogP contribution in [0.15, 0.2) is 18.2 Å². The first-order chi connectivity index (χ1) is 8.40.